The molecule has 0 radical (unpaired) electrons. The van der Waals surface area contributed by atoms with Crippen LogP contribution in [-0.4, -0.2) is 38.2 Å². The number of carbonyl (C=O) groups is 3. The first-order valence-electron chi connectivity index (χ1n) is 7.25. The fourth-order valence-electron chi connectivity index (χ4n) is 2.75. The third kappa shape index (κ3) is 6.60. The smallest absolute Gasteiger partial charge is 0.418 e. The van der Waals surface area contributed by atoms with Crippen LogP contribution in [0.3, 0.4) is 0 Å². The molecular weight excluding hydrogens is 276 g/mol. The number of esters is 3. The van der Waals surface area contributed by atoms with Crippen LogP contribution >= 0.6 is 0 Å². The van der Waals surface area contributed by atoms with Gasteiger partial charge in [-0.1, -0.05) is 26.7 Å². The van der Waals surface area contributed by atoms with E-state index in [9.17, 15) is 14.4 Å². The minimum atomic E-state index is -1.19. The van der Waals surface area contributed by atoms with Gasteiger partial charge in [-0.2, -0.15) is 0 Å². The van der Waals surface area contributed by atoms with E-state index in [1.807, 2.05) is 0 Å². The van der Waals surface area contributed by atoms with E-state index in [0.29, 0.717) is 17.9 Å². The van der Waals surface area contributed by atoms with E-state index < -0.39 is 24.5 Å². The van der Waals surface area contributed by atoms with Gasteiger partial charge >= 0.3 is 17.9 Å². The molecule has 1 fully saturated rings. The Morgan fingerprint density at radius 1 is 1.14 bits per heavy atom. The molecule has 0 aliphatic heterocycles. The van der Waals surface area contributed by atoms with Gasteiger partial charge in [-0.05, 0) is 30.6 Å². The van der Waals surface area contributed by atoms with Gasteiger partial charge in [-0.25, -0.2) is 14.4 Å². The van der Waals surface area contributed by atoms with Crippen LogP contribution in [-0.2, 0) is 28.6 Å². The van der Waals surface area contributed by atoms with Crippen molar-refractivity contribution in [3.63, 3.8) is 0 Å². The highest BCUT2D eigenvalue weighted by Crippen LogP contribution is 2.39. The van der Waals surface area contributed by atoms with Gasteiger partial charge in [0.2, 0.25) is 0 Å². The second-order valence-corrected chi connectivity index (χ2v) is 6.20. The predicted molar refractivity (Wildman–Crippen MR) is 74.3 cm³/mol. The lowest BCUT2D eigenvalue weighted by atomic mass is 9.71. The van der Waals surface area contributed by atoms with Crippen LogP contribution in [0, 0.1) is 11.3 Å². The van der Waals surface area contributed by atoms with E-state index in [1.165, 1.54) is 12.8 Å². The fourth-order valence-corrected chi connectivity index (χ4v) is 2.75. The van der Waals surface area contributed by atoms with Crippen LogP contribution < -0.4 is 0 Å². The van der Waals surface area contributed by atoms with Gasteiger partial charge in [0.15, 0.2) is 6.61 Å². The highest BCUT2D eigenvalue weighted by atomic mass is 16.6. The second kappa shape index (κ2) is 8.00. The third-order valence-electron chi connectivity index (χ3n) is 3.77. The molecule has 0 aromatic carbocycles. The van der Waals surface area contributed by atoms with E-state index in [4.69, 9.17) is 4.74 Å². The topological polar surface area (TPSA) is 78.9 Å². The van der Waals surface area contributed by atoms with Gasteiger partial charge in [-0.15, -0.1) is 0 Å². The Hall–Kier alpha value is -1.59. The largest absolute Gasteiger partial charge is 0.463 e. The molecule has 6 heteroatoms. The summed E-state index contributed by atoms with van der Waals surface area (Å²) in [5.74, 6) is -2.41. The average Bonchev–Trinajstić information content (AvgIpc) is 2.42. The number of ether oxygens (including phenoxy) is 3. The molecule has 1 saturated carbocycles. The van der Waals surface area contributed by atoms with Crippen molar-refractivity contribution in [3.8, 4) is 0 Å². The van der Waals surface area contributed by atoms with Gasteiger partial charge in [0.1, 0.15) is 0 Å². The first-order valence-corrected chi connectivity index (χ1v) is 7.25. The number of rotatable bonds is 5. The van der Waals surface area contributed by atoms with Crippen LogP contribution in [0.1, 0.15) is 46.0 Å². The molecule has 1 rings (SSSR count). The molecule has 1 unspecified atom stereocenters. The minimum Gasteiger partial charge on any atom is -0.463 e. The standard InChI is InChI=1S/C15H24O6/c1-15(2)7-4-5-11(9-15)6-8-20-12(16)10-21-14(18)13(17)19-3/h11H,4-10H2,1-3H3. The van der Waals surface area contributed by atoms with Crippen LogP contribution in [0.4, 0.5) is 0 Å². The SMILES string of the molecule is COC(=O)C(=O)OCC(=O)OCCC1CCCC(C)(C)C1. The van der Waals surface area contributed by atoms with Crippen molar-refractivity contribution in [2.75, 3.05) is 20.3 Å². The molecule has 120 valence electrons. The summed E-state index contributed by atoms with van der Waals surface area (Å²) < 4.78 is 13.6. The molecule has 0 spiro atoms. The molecule has 0 N–H and O–H groups in total. The normalized spacial score (nSPS) is 20.4. The Morgan fingerprint density at radius 2 is 1.86 bits per heavy atom. The number of methoxy groups -OCH3 is 1. The maximum atomic E-state index is 11.4. The monoisotopic (exact) mass is 300 g/mol. The third-order valence-corrected chi connectivity index (χ3v) is 3.77. The van der Waals surface area contributed by atoms with Crippen LogP contribution in [0.2, 0.25) is 0 Å². The zero-order valence-corrected chi connectivity index (χ0v) is 13.0. The molecule has 1 aliphatic carbocycles. The molecule has 1 aliphatic rings. The molecule has 0 aromatic rings. The summed E-state index contributed by atoms with van der Waals surface area (Å²) >= 11 is 0. The van der Waals surface area contributed by atoms with Crippen molar-refractivity contribution in [3.05, 3.63) is 0 Å². The molecule has 6 nitrogen and oxygen atoms in total. The van der Waals surface area contributed by atoms with Crippen LogP contribution in [0.5, 0.6) is 0 Å². The Balaban J connectivity index is 2.16. The molecule has 1 atom stereocenters. The molecule has 0 heterocycles. The van der Waals surface area contributed by atoms with E-state index in [0.717, 1.165) is 26.4 Å². The summed E-state index contributed by atoms with van der Waals surface area (Å²) in [6.45, 7) is 4.27. The van der Waals surface area contributed by atoms with Gasteiger partial charge < -0.3 is 14.2 Å². The lowest BCUT2D eigenvalue weighted by molar-refractivity contribution is -0.170. The Bertz CT molecular complexity index is 388. The van der Waals surface area contributed by atoms with E-state index in [2.05, 4.69) is 23.3 Å². The lowest BCUT2D eigenvalue weighted by Crippen LogP contribution is -2.25. The van der Waals surface area contributed by atoms with E-state index >= 15 is 0 Å². The molecule has 0 amide bonds. The zero-order chi connectivity index (χ0) is 15.9. The summed E-state index contributed by atoms with van der Waals surface area (Å²) in [5, 5.41) is 0. The number of hydrogen-bond acceptors (Lipinski definition) is 6. The van der Waals surface area contributed by atoms with Gasteiger partial charge in [-0.3, -0.25) is 0 Å². The Kier molecular flexibility index (Phi) is 6.65. The number of carbonyl (C=O) groups excluding carboxylic acids is 3. The Morgan fingerprint density at radius 3 is 2.48 bits per heavy atom. The molecule has 0 aromatic heterocycles. The quantitative estimate of drug-likeness (QED) is 0.438. The zero-order valence-electron chi connectivity index (χ0n) is 13.0. The van der Waals surface area contributed by atoms with Gasteiger partial charge in [0.25, 0.3) is 0 Å². The number of hydrogen-bond donors (Lipinski definition) is 0. The van der Waals surface area contributed by atoms with Gasteiger partial charge in [0, 0.05) is 0 Å². The van der Waals surface area contributed by atoms with Crippen LogP contribution in [0.15, 0.2) is 0 Å². The Labute approximate surface area is 125 Å². The first-order chi connectivity index (χ1) is 9.84. The summed E-state index contributed by atoms with van der Waals surface area (Å²) in [5.41, 5.74) is 0.364. The van der Waals surface area contributed by atoms with Crippen molar-refractivity contribution in [1.29, 1.82) is 0 Å². The summed E-state index contributed by atoms with van der Waals surface area (Å²) in [7, 11) is 1.06. The van der Waals surface area contributed by atoms with E-state index in [1.54, 1.807) is 0 Å². The first kappa shape index (κ1) is 17.5. The summed E-state index contributed by atoms with van der Waals surface area (Å²) in [6.07, 6.45) is 5.58. The molecular formula is C15H24O6. The summed E-state index contributed by atoms with van der Waals surface area (Å²) in [4.78, 5) is 33.1. The van der Waals surface area contributed by atoms with Crippen LogP contribution in [0.25, 0.3) is 0 Å². The van der Waals surface area contributed by atoms with Crippen molar-refractivity contribution < 1.29 is 28.6 Å². The molecule has 21 heavy (non-hydrogen) atoms. The maximum absolute atomic E-state index is 11.4. The van der Waals surface area contributed by atoms with Crippen molar-refractivity contribution in [2.45, 2.75) is 46.0 Å². The fraction of sp³-hybridized carbons (Fsp3) is 0.800. The summed E-state index contributed by atoms with van der Waals surface area (Å²) in [6, 6.07) is 0. The minimum absolute atomic E-state index is 0.315. The highest BCUT2D eigenvalue weighted by Gasteiger charge is 2.27. The molecule has 0 bridgehead atoms. The molecule has 0 saturated heterocycles. The van der Waals surface area contributed by atoms with Gasteiger partial charge in [0.05, 0.1) is 13.7 Å². The maximum Gasteiger partial charge on any atom is 0.418 e. The van der Waals surface area contributed by atoms with Crippen molar-refractivity contribution in [2.24, 2.45) is 11.3 Å². The van der Waals surface area contributed by atoms with E-state index in [-0.39, 0.29) is 0 Å². The average molecular weight is 300 g/mol. The van der Waals surface area contributed by atoms with Crippen molar-refractivity contribution >= 4 is 17.9 Å². The second-order valence-electron chi connectivity index (χ2n) is 6.20. The van der Waals surface area contributed by atoms with Crippen molar-refractivity contribution in [1.82, 2.24) is 0 Å². The lowest BCUT2D eigenvalue weighted by Gasteiger charge is -2.35. The highest BCUT2D eigenvalue weighted by molar-refractivity contribution is 6.29. The predicted octanol–water partition coefficient (Wildman–Crippen LogP) is 1.85.